The summed E-state index contributed by atoms with van der Waals surface area (Å²) in [5, 5.41) is 2.82. The van der Waals surface area contributed by atoms with Crippen molar-refractivity contribution in [1.29, 1.82) is 0 Å². The van der Waals surface area contributed by atoms with Gasteiger partial charge in [0.05, 0.1) is 12.1 Å². The van der Waals surface area contributed by atoms with E-state index < -0.39 is 0 Å². The van der Waals surface area contributed by atoms with Gasteiger partial charge in [-0.2, -0.15) is 0 Å². The van der Waals surface area contributed by atoms with Gasteiger partial charge in [-0.3, -0.25) is 15.0 Å². The molecule has 1 aliphatic heterocycles. The fourth-order valence-corrected chi connectivity index (χ4v) is 2.63. The molecular weight excluding hydrogens is 342 g/mol. The number of hydrazine groups is 1. The highest BCUT2D eigenvalue weighted by atomic mass is 35.5. The van der Waals surface area contributed by atoms with E-state index in [4.69, 9.17) is 10.6 Å². The second-order valence-corrected chi connectivity index (χ2v) is 5.73. The Hall–Kier alpha value is -2.57. The number of benzene rings is 2. The van der Waals surface area contributed by atoms with E-state index in [2.05, 4.69) is 10.7 Å². The van der Waals surface area contributed by atoms with Crippen molar-refractivity contribution in [3.05, 3.63) is 59.2 Å². The SMILES string of the molecule is Cl.NNC(=O)Cc1ccc(CCc2ccc3c(c2)NC(=O)CO3)cc1. The Morgan fingerprint density at radius 3 is 2.44 bits per heavy atom. The van der Waals surface area contributed by atoms with Crippen LogP contribution in [-0.2, 0) is 28.9 Å². The zero-order valence-electron chi connectivity index (χ0n) is 13.6. The zero-order chi connectivity index (χ0) is 16.9. The van der Waals surface area contributed by atoms with Crippen LogP contribution < -0.4 is 21.3 Å². The van der Waals surface area contributed by atoms with Crippen molar-refractivity contribution in [2.75, 3.05) is 11.9 Å². The molecule has 0 aromatic heterocycles. The smallest absolute Gasteiger partial charge is 0.262 e. The predicted molar refractivity (Wildman–Crippen MR) is 97.7 cm³/mol. The summed E-state index contributed by atoms with van der Waals surface area (Å²) in [5.74, 6) is 5.46. The highest BCUT2D eigenvalue weighted by molar-refractivity contribution is 5.95. The van der Waals surface area contributed by atoms with E-state index in [0.717, 1.165) is 29.7 Å². The molecule has 0 saturated heterocycles. The van der Waals surface area contributed by atoms with Gasteiger partial charge in [-0.15, -0.1) is 12.4 Å². The largest absolute Gasteiger partial charge is 0.482 e. The molecule has 0 bridgehead atoms. The van der Waals surface area contributed by atoms with Crippen LogP contribution in [-0.4, -0.2) is 18.4 Å². The maximum Gasteiger partial charge on any atom is 0.262 e. The topological polar surface area (TPSA) is 93.5 Å². The number of carbonyl (C=O) groups excluding carboxylic acids is 2. The van der Waals surface area contributed by atoms with Gasteiger partial charge in [-0.1, -0.05) is 30.3 Å². The average molecular weight is 362 g/mol. The summed E-state index contributed by atoms with van der Waals surface area (Å²) in [6.07, 6.45) is 2.00. The highest BCUT2D eigenvalue weighted by Crippen LogP contribution is 2.28. The minimum absolute atomic E-state index is 0. The number of hydrogen-bond acceptors (Lipinski definition) is 4. The summed E-state index contributed by atoms with van der Waals surface area (Å²) in [5.41, 5.74) is 6.09. The number of ether oxygens (including phenoxy) is 1. The Kier molecular flexibility index (Phi) is 6.38. The van der Waals surface area contributed by atoms with Gasteiger partial charge < -0.3 is 10.1 Å². The summed E-state index contributed by atoms with van der Waals surface area (Å²) >= 11 is 0. The molecule has 0 atom stereocenters. The Morgan fingerprint density at radius 1 is 1.08 bits per heavy atom. The molecule has 7 heteroatoms. The van der Waals surface area contributed by atoms with Crippen LogP contribution in [0, 0.1) is 0 Å². The number of amides is 2. The molecule has 0 aliphatic carbocycles. The Labute approximate surface area is 152 Å². The van der Waals surface area contributed by atoms with Crippen molar-refractivity contribution < 1.29 is 14.3 Å². The molecule has 3 rings (SSSR count). The van der Waals surface area contributed by atoms with E-state index in [-0.39, 0.29) is 37.2 Å². The van der Waals surface area contributed by atoms with E-state index in [1.807, 2.05) is 42.5 Å². The number of halogens is 1. The Balaban J connectivity index is 0.00000225. The number of aryl methyl sites for hydroxylation is 2. The van der Waals surface area contributed by atoms with Gasteiger partial charge >= 0.3 is 0 Å². The molecule has 1 aliphatic rings. The number of fused-ring (bicyclic) bond motifs is 1. The Bertz CT molecular complexity index is 763. The fraction of sp³-hybridized carbons (Fsp3) is 0.222. The van der Waals surface area contributed by atoms with Crippen LogP contribution in [0.3, 0.4) is 0 Å². The van der Waals surface area contributed by atoms with Crippen molar-refractivity contribution in [2.45, 2.75) is 19.3 Å². The lowest BCUT2D eigenvalue weighted by Crippen LogP contribution is -2.31. The van der Waals surface area contributed by atoms with Crippen LogP contribution in [0.5, 0.6) is 5.75 Å². The van der Waals surface area contributed by atoms with E-state index >= 15 is 0 Å². The van der Waals surface area contributed by atoms with Crippen LogP contribution in [0.1, 0.15) is 16.7 Å². The molecule has 2 amide bonds. The van der Waals surface area contributed by atoms with Crippen molar-refractivity contribution in [2.24, 2.45) is 5.84 Å². The monoisotopic (exact) mass is 361 g/mol. The zero-order valence-corrected chi connectivity index (χ0v) is 14.4. The lowest BCUT2D eigenvalue weighted by Gasteiger charge is -2.18. The standard InChI is InChI=1S/C18H19N3O3.ClH/c19-21-17(22)10-14-5-2-12(3-6-14)1-4-13-7-8-16-15(9-13)20-18(23)11-24-16;/h2-3,5-9H,1,4,10-11,19H2,(H,20,23)(H,21,22);1H. The van der Waals surface area contributed by atoms with E-state index in [1.165, 1.54) is 5.56 Å². The molecule has 0 fully saturated rings. The molecule has 0 saturated carbocycles. The average Bonchev–Trinajstić information content (AvgIpc) is 2.60. The van der Waals surface area contributed by atoms with Gasteiger partial charge in [-0.05, 0) is 41.7 Å². The molecule has 132 valence electrons. The maximum absolute atomic E-state index is 11.4. The number of carbonyl (C=O) groups is 2. The van der Waals surface area contributed by atoms with Gasteiger partial charge in [0.2, 0.25) is 5.91 Å². The van der Waals surface area contributed by atoms with E-state index in [0.29, 0.717) is 5.75 Å². The maximum atomic E-state index is 11.4. The molecule has 4 N–H and O–H groups in total. The van der Waals surface area contributed by atoms with Crippen LogP contribution in [0.25, 0.3) is 0 Å². The molecule has 2 aromatic rings. The third kappa shape index (κ3) is 4.95. The van der Waals surface area contributed by atoms with E-state index in [9.17, 15) is 9.59 Å². The summed E-state index contributed by atoms with van der Waals surface area (Å²) < 4.78 is 5.35. The van der Waals surface area contributed by atoms with Crippen LogP contribution in [0.15, 0.2) is 42.5 Å². The molecule has 25 heavy (non-hydrogen) atoms. The number of rotatable bonds is 5. The first kappa shape index (κ1) is 18.8. The van der Waals surface area contributed by atoms with Crippen LogP contribution in [0.4, 0.5) is 5.69 Å². The van der Waals surface area contributed by atoms with Crippen molar-refractivity contribution in [3.8, 4) is 5.75 Å². The summed E-state index contributed by atoms with van der Waals surface area (Å²) in [6.45, 7) is 0.0703. The summed E-state index contributed by atoms with van der Waals surface area (Å²) in [7, 11) is 0. The van der Waals surface area contributed by atoms with Crippen LogP contribution >= 0.6 is 12.4 Å². The number of anilines is 1. The first-order chi connectivity index (χ1) is 11.6. The highest BCUT2D eigenvalue weighted by Gasteiger charge is 2.15. The molecular formula is C18H20ClN3O3. The fourth-order valence-electron chi connectivity index (χ4n) is 2.63. The lowest BCUT2D eigenvalue weighted by atomic mass is 10.0. The molecule has 0 unspecified atom stereocenters. The first-order valence-electron chi connectivity index (χ1n) is 7.77. The van der Waals surface area contributed by atoms with E-state index in [1.54, 1.807) is 0 Å². The lowest BCUT2D eigenvalue weighted by molar-refractivity contribution is -0.120. The van der Waals surface area contributed by atoms with Gasteiger partial charge in [0.1, 0.15) is 5.75 Å². The number of nitrogens with two attached hydrogens (primary N) is 1. The van der Waals surface area contributed by atoms with Gasteiger partial charge in [0, 0.05) is 0 Å². The minimum atomic E-state index is -0.207. The summed E-state index contributed by atoms with van der Waals surface area (Å²) in [6, 6.07) is 13.8. The third-order valence-electron chi connectivity index (χ3n) is 3.93. The van der Waals surface area contributed by atoms with Gasteiger partial charge in [0.15, 0.2) is 6.61 Å². The number of nitrogens with one attached hydrogen (secondary N) is 2. The molecule has 0 radical (unpaired) electrons. The Morgan fingerprint density at radius 2 is 1.72 bits per heavy atom. The van der Waals surface area contributed by atoms with Crippen molar-refractivity contribution in [1.82, 2.24) is 5.43 Å². The molecule has 2 aromatic carbocycles. The second-order valence-electron chi connectivity index (χ2n) is 5.73. The molecule has 0 spiro atoms. The van der Waals surface area contributed by atoms with Crippen LogP contribution in [0.2, 0.25) is 0 Å². The second kappa shape index (κ2) is 8.50. The molecule has 1 heterocycles. The van der Waals surface area contributed by atoms with Crippen molar-refractivity contribution >= 4 is 29.9 Å². The molecule has 6 nitrogen and oxygen atoms in total. The predicted octanol–water partition coefficient (Wildman–Crippen LogP) is 1.76. The van der Waals surface area contributed by atoms with Crippen molar-refractivity contribution in [3.63, 3.8) is 0 Å². The van der Waals surface area contributed by atoms with Gasteiger partial charge in [0.25, 0.3) is 5.91 Å². The quantitative estimate of drug-likeness (QED) is 0.429. The normalized spacial score (nSPS) is 12.3. The summed E-state index contributed by atoms with van der Waals surface area (Å²) in [4.78, 5) is 22.6. The van der Waals surface area contributed by atoms with Gasteiger partial charge in [-0.25, -0.2) is 5.84 Å². The minimum Gasteiger partial charge on any atom is -0.482 e. The third-order valence-corrected chi connectivity index (χ3v) is 3.93. The first-order valence-corrected chi connectivity index (χ1v) is 7.77. The number of hydrogen-bond donors (Lipinski definition) is 3.